The van der Waals surface area contributed by atoms with Crippen molar-refractivity contribution in [2.24, 2.45) is 11.1 Å². The average Bonchev–Trinajstić information content (AvgIpc) is 1.93. The minimum atomic E-state index is -1.59. The first-order valence-corrected chi connectivity index (χ1v) is 3.78. The van der Waals surface area contributed by atoms with Crippen molar-refractivity contribution in [1.29, 1.82) is 0 Å². The number of amides is 1. The van der Waals surface area contributed by atoms with Crippen molar-refractivity contribution in [3.05, 3.63) is 0 Å². The van der Waals surface area contributed by atoms with E-state index < -0.39 is 11.6 Å². The molecule has 0 atom stereocenters. The number of hydrogen-bond acceptors (Lipinski definition) is 2. The Balaban J connectivity index is 2.17. The monoisotopic (exact) mass is 158 g/mol. The van der Waals surface area contributed by atoms with Crippen LogP contribution in [0.15, 0.2) is 0 Å². The normalized spacial score (nSPS) is 48.0. The predicted molar refractivity (Wildman–Crippen MR) is 37.6 cm³/mol. The second-order valence-electron chi connectivity index (χ2n) is 3.71. The van der Waals surface area contributed by atoms with Gasteiger partial charge in [0.1, 0.15) is 0 Å². The Morgan fingerprint density at radius 3 is 2.73 bits per heavy atom. The number of carbonyl (C=O) groups is 1. The molecule has 0 aromatic heterocycles. The first kappa shape index (κ1) is 7.03. The summed E-state index contributed by atoms with van der Waals surface area (Å²) in [5.41, 5.74) is 3.75. The molecule has 1 amide bonds. The zero-order chi connectivity index (χ0) is 8.11. The molecule has 0 spiro atoms. The molecule has 3 fully saturated rings. The molecule has 0 radical (unpaired) electrons. The Kier molecular flexibility index (Phi) is 1.12. The molecule has 0 aromatic carbocycles. The van der Waals surface area contributed by atoms with Crippen LogP contribution in [0.4, 0.5) is 4.39 Å². The smallest absolute Gasteiger partial charge is 0.257 e. The maximum atomic E-state index is 13.3. The molecule has 62 valence electrons. The maximum Gasteiger partial charge on any atom is 0.257 e. The quantitative estimate of drug-likeness (QED) is 0.543. The number of nitrogens with one attached hydrogen (secondary N) is 1. The number of alkyl halides is 1. The van der Waals surface area contributed by atoms with Crippen LogP contribution >= 0.6 is 0 Å². The molecule has 1 saturated carbocycles. The lowest BCUT2D eigenvalue weighted by atomic mass is 9.57. The zero-order valence-corrected chi connectivity index (χ0v) is 6.19. The van der Waals surface area contributed by atoms with Crippen molar-refractivity contribution in [3.8, 4) is 0 Å². The van der Waals surface area contributed by atoms with E-state index in [0.717, 1.165) is 0 Å². The van der Waals surface area contributed by atoms with E-state index in [-0.39, 0.29) is 5.41 Å². The second-order valence-corrected chi connectivity index (χ2v) is 3.71. The van der Waals surface area contributed by atoms with Crippen molar-refractivity contribution >= 4 is 5.91 Å². The van der Waals surface area contributed by atoms with E-state index in [4.69, 9.17) is 5.73 Å². The van der Waals surface area contributed by atoms with Crippen molar-refractivity contribution in [2.75, 3.05) is 13.1 Å². The van der Waals surface area contributed by atoms with Gasteiger partial charge in [0, 0.05) is 12.0 Å². The molecule has 2 saturated heterocycles. The highest BCUT2D eigenvalue weighted by atomic mass is 19.1. The number of nitrogens with two attached hydrogens (primary N) is 1. The molecular weight excluding hydrogens is 147 g/mol. The Morgan fingerprint density at radius 2 is 2.27 bits per heavy atom. The van der Waals surface area contributed by atoms with Crippen molar-refractivity contribution in [1.82, 2.24) is 5.32 Å². The Labute approximate surface area is 64.1 Å². The van der Waals surface area contributed by atoms with Gasteiger partial charge in [-0.25, -0.2) is 4.39 Å². The summed E-state index contributed by atoms with van der Waals surface area (Å²) < 4.78 is 13.3. The van der Waals surface area contributed by atoms with Gasteiger partial charge in [-0.1, -0.05) is 0 Å². The van der Waals surface area contributed by atoms with E-state index >= 15 is 0 Å². The molecule has 3 N–H and O–H groups in total. The number of rotatable bonds is 1. The summed E-state index contributed by atoms with van der Waals surface area (Å²) in [6, 6.07) is 0. The van der Waals surface area contributed by atoms with E-state index in [9.17, 15) is 9.18 Å². The summed E-state index contributed by atoms with van der Waals surface area (Å²) in [5.74, 6) is -0.451. The van der Waals surface area contributed by atoms with Crippen LogP contribution in [0.2, 0.25) is 0 Å². The summed E-state index contributed by atoms with van der Waals surface area (Å²) in [5, 5.41) is 2.52. The number of halogens is 1. The SMILES string of the molecule is NCC12CNC(=O)C(F)(C1)C2. The largest absolute Gasteiger partial charge is 0.353 e. The van der Waals surface area contributed by atoms with Gasteiger partial charge in [0.25, 0.3) is 5.91 Å². The maximum absolute atomic E-state index is 13.3. The molecule has 4 heteroatoms. The molecule has 3 nitrogen and oxygen atoms in total. The fourth-order valence-electron chi connectivity index (χ4n) is 2.07. The topological polar surface area (TPSA) is 55.1 Å². The molecule has 11 heavy (non-hydrogen) atoms. The van der Waals surface area contributed by atoms with Crippen LogP contribution < -0.4 is 11.1 Å². The Hall–Kier alpha value is -0.640. The summed E-state index contributed by atoms with van der Waals surface area (Å²) in [7, 11) is 0. The van der Waals surface area contributed by atoms with Crippen molar-refractivity contribution in [3.63, 3.8) is 0 Å². The van der Waals surface area contributed by atoms with Gasteiger partial charge >= 0.3 is 0 Å². The summed E-state index contributed by atoms with van der Waals surface area (Å²) in [6.45, 7) is 1.02. The van der Waals surface area contributed by atoms with Gasteiger partial charge in [0.15, 0.2) is 5.67 Å². The zero-order valence-electron chi connectivity index (χ0n) is 6.19. The van der Waals surface area contributed by atoms with Crippen LogP contribution in [0.25, 0.3) is 0 Å². The van der Waals surface area contributed by atoms with Gasteiger partial charge in [-0.15, -0.1) is 0 Å². The number of hydrogen-bond donors (Lipinski definition) is 2. The molecular formula is C7H11FN2O. The Bertz CT molecular complexity index is 210. The van der Waals surface area contributed by atoms with Gasteiger partial charge < -0.3 is 11.1 Å². The average molecular weight is 158 g/mol. The molecule has 3 aliphatic rings. The van der Waals surface area contributed by atoms with Gasteiger partial charge in [-0.05, 0) is 19.4 Å². The third kappa shape index (κ3) is 0.730. The fraction of sp³-hybridized carbons (Fsp3) is 0.857. The van der Waals surface area contributed by atoms with Gasteiger partial charge in [0.05, 0.1) is 0 Å². The van der Waals surface area contributed by atoms with E-state index in [0.29, 0.717) is 25.9 Å². The molecule has 2 bridgehead atoms. The highest BCUT2D eigenvalue weighted by Gasteiger charge is 2.62. The molecule has 3 rings (SSSR count). The molecule has 1 aliphatic carbocycles. The van der Waals surface area contributed by atoms with Crippen LogP contribution in [0, 0.1) is 5.41 Å². The summed E-state index contributed by atoms with van der Waals surface area (Å²) in [6.07, 6.45) is 0.644. The minimum Gasteiger partial charge on any atom is -0.353 e. The van der Waals surface area contributed by atoms with Crippen LogP contribution in [0.1, 0.15) is 12.8 Å². The molecule has 2 heterocycles. The number of carbonyl (C=O) groups excluding carboxylic acids is 1. The van der Waals surface area contributed by atoms with E-state index in [2.05, 4.69) is 5.32 Å². The van der Waals surface area contributed by atoms with Crippen molar-refractivity contribution < 1.29 is 9.18 Å². The first-order valence-electron chi connectivity index (χ1n) is 3.78. The molecule has 0 aromatic rings. The second kappa shape index (κ2) is 1.75. The Morgan fingerprint density at radius 1 is 1.64 bits per heavy atom. The minimum absolute atomic E-state index is 0.122. The lowest BCUT2D eigenvalue weighted by Gasteiger charge is -2.54. The third-order valence-corrected chi connectivity index (χ3v) is 2.77. The van der Waals surface area contributed by atoms with E-state index in [1.807, 2.05) is 0 Å². The number of piperidine rings is 2. The highest BCUT2D eigenvalue weighted by Crippen LogP contribution is 2.52. The van der Waals surface area contributed by atoms with Crippen LogP contribution in [0.5, 0.6) is 0 Å². The van der Waals surface area contributed by atoms with Crippen LogP contribution in [0.3, 0.4) is 0 Å². The molecule has 0 unspecified atom stereocenters. The van der Waals surface area contributed by atoms with Crippen LogP contribution in [-0.4, -0.2) is 24.7 Å². The van der Waals surface area contributed by atoms with E-state index in [1.165, 1.54) is 0 Å². The fourth-order valence-corrected chi connectivity index (χ4v) is 2.07. The van der Waals surface area contributed by atoms with E-state index in [1.54, 1.807) is 0 Å². The van der Waals surface area contributed by atoms with Gasteiger partial charge in [-0.2, -0.15) is 0 Å². The summed E-state index contributed by atoms with van der Waals surface area (Å²) in [4.78, 5) is 10.9. The summed E-state index contributed by atoms with van der Waals surface area (Å²) >= 11 is 0. The highest BCUT2D eigenvalue weighted by molar-refractivity contribution is 5.88. The van der Waals surface area contributed by atoms with Crippen molar-refractivity contribution in [2.45, 2.75) is 18.5 Å². The third-order valence-electron chi connectivity index (χ3n) is 2.77. The predicted octanol–water partition coefficient (Wildman–Crippen LogP) is -0.437. The first-order chi connectivity index (χ1) is 5.10. The molecule has 2 aliphatic heterocycles. The van der Waals surface area contributed by atoms with Crippen LogP contribution in [-0.2, 0) is 4.79 Å². The van der Waals surface area contributed by atoms with Gasteiger partial charge in [0.2, 0.25) is 0 Å². The lowest BCUT2D eigenvalue weighted by Crippen LogP contribution is -2.69. The standard InChI is InChI=1S/C7H11FN2O/c8-7-1-6(2-7,3-9)4-10-5(7)11/h1-4,9H2,(H,10,11). The lowest BCUT2D eigenvalue weighted by molar-refractivity contribution is -0.162. The van der Waals surface area contributed by atoms with Gasteiger partial charge in [-0.3, -0.25) is 4.79 Å². The number of fused-ring (bicyclic) bond motifs is 2.